The van der Waals surface area contributed by atoms with Crippen molar-refractivity contribution in [2.45, 2.75) is 0 Å². The number of aromatic hydroxyl groups is 3. The quantitative estimate of drug-likeness (QED) is 0.466. The predicted molar refractivity (Wildman–Crippen MR) is 77.7 cm³/mol. The lowest BCUT2D eigenvalue weighted by atomic mass is 10.1. The number of carbonyl (C=O) groups is 1. The summed E-state index contributed by atoms with van der Waals surface area (Å²) < 4.78 is 0. The van der Waals surface area contributed by atoms with E-state index in [1.165, 1.54) is 0 Å². The van der Waals surface area contributed by atoms with E-state index in [0.29, 0.717) is 5.69 Å². The lowest BCUT2D eigenvalue weighted by molar-refractivity contribution is 0.102. The van der Waals surface area contributed by atoms with Crippen LogP contribution in [0.25, 0.3) is 10.9 Å². The summed E-state index contributed by atoms with van der Waals surface area (Å²) in [5.74, 6) is -2.27. The minimum absolute atomic E-state index is 0.0365. The molecular weight excluding hydrogens is 272 g/mol. The number of nitrogens with one attached hydrogen (secondary N) is 2. The van der Waals surface area contributed by atoms with Crippen LogP contribution in [0.4, 0.5) is 5.69 Å². The third-order valence-corrected chi connectivity index (χ3v) is 3.14. The molecule has 5 N–H and O–H groups in total. The molecule has 0 aliphatic rings. The molecule has 0 atom stereocenters. The second-order valence-corrected chi connectivity index (χ2v) is 4.60. The van der Waals surface area contributed by atoms with E-state index < -0.39 is 23.2 Å². The van der Waals surface area contributed by atoms with Crippen LogP contribution in [0, 0.1) is 0 Å². The molecule has 106 valence electrons. The van der Waals surface area contributed by atoms with Crippen molar-refractivity contribution >= 4 is 22.5 Å². The molecule has 0 saturated heterocycles. The maximum atomic E-state index is 12.1. The number of benzene rings is 2. The van der Waals surface area contributed by atoms with Gasteiger partial charge in [-0.2, -0.15) is 0 Å². The van der Waals surface area contributed by atoms with Gasteiger partial charge in [0, 0.05) is 23.0 Å². The van der Waals surface area contributed by atoms with Crippen molar-refractivity contribution in [3.05, 3.63) is 48.2 Å². The number of fused-ring (bicyclic) bond motifs is 1. The minimum atomic E-state index is -0.653. The Labute approximate surface area is 119 Å². The van der Waals surface area contributed by atoms with E-state index in [0.717, 1.165) is 23.0 Å². The third kappa shape index (κ3) is 2.34. The number of carbonyl (C=O) groups excluding carboxylic acids is 1. The van der Waals surface area contributed by atoms with Crippen LogP contribution in [0.15, 0.2) is 42.6 Å². The first-order valence-corrected chi connectivity index (χ1v) is 6.18. The molecule has 2 aromatic carbocycles. The number of H-pyrrole nitrogens is 1. The van der Waals surface area contributed by atoms with E-state index in [1.54, 1.807) is 18.3 Å². The average molecular weight is 284 g/mol. The Balaban J connectivity index is 1.88. The fourth-order valence-corrected chi connectivity index (χ4v) is 2.06. The zero-order valence-corrected chi connectivity index (χ0v) is 10.8. The Morgan fingerprint density at radius 2 is 1.71 bits per heavy atom. The van der Waals surface area contributed by atoms with Gasteiger partial charge >= 0.3 is 0 Å². The molecular formula is C15H12N2O4. The molecule has 3 rings (SSSR count). The van der Waals surface area contributed by atoms with Gasteiger partial charge in [0.25, 0.3) is 5.91 Å². The van der Waals surface area contributed by atoms with Crippen LogP contribution in [0.1, 0.15) is 10.4 Å². The highest BCUT2D eigenvalue weighted by atomic mass is 16.3. The summed E-state index contributed by atoms with van der Waals surface area (Å²) in [6, 6.07) is 9.45. The number of rotatable bonds is 2. The van der Waals surface area contributed by atoms with Crippen molar-refractivity contribution in [2.75, 3.05) is 5.32 Å². The highest BCUT2D eigenvalue weighted by Crippen LogP contribution is 2.35. The van der Waals surface area contributed by atoms with E-state index in [1.807, 2.05) is 12.1 Å². The minimum Gasteiger partial charge on any atom is -0.504 e. The molecule has 6 nitrogen and oxygen atoms in total. The standard InChI is InChI=1S/C15H12N2O4/c18-12-5-9(6-13(19)14(12)20)15(21)17-10-2-1-8-3-4-16-11(8)7-10/h1-7,16,18-20H,(H,17,21). The fourth-order valence-electron chi connectivity index (χ4n) is 2.06. The van der Waals surface area contributed by atoms with Crippen molar-refractivity contribution < 1.29 is 20.1 Å². The molecule has 0 saturated carbocycles. The lowest BCUT2D eigenvalue weighted by Crippen LogP contribution is -2.11. The molecule has 0 fully saturated rings. The molecule has 3 aromatic rings. The van der Waals surface area contributed by atoms with Gasteiger partial charge in [0.05, 0.1) is 0 Å². The number of aromatic nitrogens is 1. The summed E-state index contributed by atoms with van der Waals surface area (Å²) >= 11 is 0. The summed E-state index contributed by atoms with van der Waals surface area (Å²) in [4.78, 5) is 15.1. The van der Waals surface area contributed by atoms with Crippen LogP contribution in [0.5, 0.6) is 17.2 Å². The van der Waals surface area contributed by atoms with Crippen LogP contribution in [-0.2, 0) is 0 Å². The van der Waals surface area contributed by atoms with Crippen LogP contribution in [0.3, 0.4) is 0 Å². The van der Waals surface area contributed by atoms with Crippen molar-refractivity contribution in [1.82, 2.24) is 4.98 Å². The van der Waals surface area contributed by atoms with E-state index in [4.69, 9.17) is 0 Å². The monoisotopic (exact) mass is 284 g/mol. The number of amides is 1. The van der Waals surface area contributed by atoms with Crippen LogP contribution >= 0.6 is 0 Å². The Hall–Kier alpha value is -3.15. The van der Waals surface area contributed by atoms with Gasteiger partial charge in [0.15, 0.2) is 17.2 Å². The van der Waals surface area contributed by atoms with Crippen LogP contribution < -0.4 is 5.32 Å². The molecule has 6 heteroatoms. The molecule has 1 aromatic heterocycles. The number of anilines is 1. The van der Waals surface area contributed by atoms with E-state index >= 15 is 0 Å². The topological polar surface area (TPSA) is 106 Å². The summed E-state index contributed by atoms with van der Waals surface area (Å²) in [5, 5.41) is 31.8. The van der Waals surface area contributed by atoms with E-state index in [9.17, 15) is 20.1 Å². The Morgan fingerprint density at radius 3 is 2.43 bits per heavy atom. The number of aromatic amines is 1. The van der Waals surface area contributed by atoms with Gasteiger partial charge in [-0.1, -0.05) is 6.07 Å². The Kier molecular flexibility index (Phi) is 2.91. The first-order valence-electron chi connectivity index (χ1n) is 6.18. The molecule has 0 unspecified atom stereocenters. The number of phenols is 3. The van der Waals surface area contributed by atoms with Crippen molar-refractivity contribution in [2.24, 2.45) is 0 Å². The van der Waals surface area contributed by atoms with Gasteiger partial charge < -0.3 is 25.6 Å². The molecule has 0 radical (unpaired) electrons. The van der Waals surface area contributed by atoms with Gasteiger partial charge in [-0.3, -0.25) is 4.79 Å². The van der Waals surface area contributed by atoms with Crippen molar-refractivity contribution in [3.8, 4) is 17.2 Å². The van der Waals surface area contributed by atoms with Gasteiger partial charge in [-0.15, -0.1) is 0 Å². The van der Waals surface area contributed by atoms with E-state index in [-0.39, 0.29) is 5.56 Å². The summed E-state index contributed by atoms with van der Waals surface area (Å²) in [6.45, 7) is 0. The smallest absolute Gasteiger partial charge is 0.255 e. The van der Waals surface area contributed by atoms with Crippen LogP contribution in [-0.4, -0.2) is 26.2 Å². The molecule has 0 bridgehead atoms. The number of hydrogen-bond acceptors (Lipinski definition) is 4. The molecule has 1 heterocycles. The van der Waals surface area contributed by atoms with Gasteiger partial charge in [0.1, 0.15) is 0 Å². The molecule has 0 aliphatic heterocycles. The largest absolute Gasteiger partial charge is 0.504 e. The third-order valence-electron chi connectivity index (χ3n) is 3.14. The normalized spacial score (nSPS) is 10.7. The zero-order chi connectivity index (χ0) is 15.0. The molecule has 21 heavy (non-hydrogen) atoms. The zero-order valence-electron chi connectivity index (χ0n) is 10.8. The maximum absolute atomic E-state index is 12.1. The molecule has 0 spiro atoms. The van der Waals surface area contributed by atoms with Gasteiger partial charge in [0.2, 0.25) is 0 Å². The lowest BCUT2D eigenvalue weighted by Gasteiger charge is -2.07. The summed E-state index contributed by atoms with van der Waals surface area (Å²) in [6.07, 6.45) is 1.80. The number of hydrogen-bond donors (Lipinski definition) is 5. The SMILES string of the molecule is O=C(Nc1ccc2cc[nH]c2c1)c1cc(O)c(O)c(O)c1. The van der Waals surface area contributed by atoms with Crippen LogP contribution in [0.2, 0.25) is 0 Å². The molecule has 0 aliphatic carbocycles. The average Bonchev–Trinajstić information content (AvgIpc) is 2.91. The Bertz CT molecular complexity index is 816. The predicted octanol–water partition coefficient (Wildman–Crippen LogP) is 2.54. The maximum Gasteiger partial charge on any atom is 0.255 e. The number of phenolic OH excluding ortho intramolecular Hbond substituents is 3. The van der Waals surface area contributed by atoms with E-state index in [2.05, 4.69) is 10.3 Å². The Morgan fingerprint density at radius 1 is 1.00 bits per heavy atom. The second kappa shape index (κ2) is 4.75. The van der Waals surface area contributed by atoms with Gasteiger partial charge in [-0.25, -0.2) is 0 Å². The summed E-state index contributed by atoms with van der Waals surface area (Å²) in [5.41, 5.74) is 1.49. The fraction of sp³-hybridized carbons (Fsp3) is 0. The van der Waals surface area contributed by atoms with Crippen molar-refractivity contribution in [1.29, 1.82) is 0 Å². The second-order valence-electron chi connectivity index (χ2n) is 4.60. The highest BCUT2D eigenvalue weighted by molar-refractivity contribution is 6.05. The first-order chi connectivity index (χ1) is 10.0. The first kappa shape index (κ1) is 12.9. The van der Waals surface area contributed by atoms with Gasteiger partial charge in [-0.05, 0) is 35.7 Å². The highest BCUT2D eigenvalue weighted by Gasteiger charge is 2.13. The summed E-state index contributed by atoms with van der Waals surface area (Å²) in [7, 11) is 0. The molecule has 1 amide bonds. The van der Waals surface area contributed by atoms with Crippen molar-refractivity contribution in [3.63, 3.8) is 0 Å².